The quantitative estimate of drug-likeness (QED) is 0.837. The van der Waals surface area contributed by atoms with Crippen LogP contribution in [0.4, 0.5) is 0 Å². The average molecular weight is 271 g/mol. The maximum atomic E-state index is 4.50. The van der Waals surface area contributed by atoms with Gasteiger partial charge in [-0.25, -0.2) is 4.98 Å². The Hall–Kier alpha value is -1.61. The van der Waals surface area contributed by atoms with Crippen LogP contribution < -0.4 is 5.32 Å². The van der Waals surface area contributed by atoms with Crippen LogP contribution in [0.5, 0.6) is 0 Å². The molecule has 2 rings (SSSR count). The Labute approximate surface area is 122 Å². The predicted octanol–water partition coefficient (Wildman–Crippen LogP) is 3.27. The van der Waals surface area contributed by atoms with Gasteiger partial charge in [-0.05, 0) is 36.9 Å². The number of benzene rings is 1. The Morgan fingerprint density at radius 3 is 2.40 bits per heavy atom. The van der Waals surface area contributed by atoms with Gasteiger partial charge in [-0.3, -0.25) is 0 Å². The van der Waals surface area contributed by atoms with E-state index >= 15 is 0 Å². The maximum absolute atomic E-state index is 4.50. The van der Waals surface area contributed by atoms with E-state index in [1.807, 2.05) is 12.4 Å². The topological polar surface area (TPSA) is 29.9 Å². The zero-order valence-corrected chi connectivity index (χ0v) is 12.8. The van der Waals surface area contributed by atoms with Crippen molar-refractivity contribution in [3.63, 3.8) is 0 Å². The van der Waals surface area contributed by atoms with Crippen molar-refractivity contribution in [1.82, 2.24) is 14.9 Å². The summed E-state index contributed by atoms with van der Waals surface area (Å²) in [7, 11) is 2.06. The molecule has 20 heavy (non-hydrogen) atoms. The molecule has 3 nitrogen and oxygen atoms in total. The van der Waals surface area contributed by atoms with Crippen LogP contribution in [0.25, 0.3) is 0 Å². The summed E-state index contributed by atoms with van der Waals surface area (Å²) in [6, 6.07) is 9.21. The monoisotopic (exact) mass is 271 g/mol. The highest BCUT2D eigenvalue weighted by Gasteiger charge is 2.15. The van der Waals surface area contributed by atoms with Gasteiger partial charge < -0.3 is 9.88 Å². The highest BCUT2D eigenvalue weighted by Crippen LogP contribution is 2.17. The van der Waals surface area contributed by atoms with Crippen LogP contribution in [0.3, 0.4) is 0 Å². The van der Waals surface area contributed by atoms with Gasteiger partial charge in [0.2, 0.25) is 0 Å². The molecule has 0 fully saturated rings. The largest absolute Gasteiger partial charge is 0.337 e. The highest BCUT2D eigenvalue weighted by molar-refractivity contribution is 5.24. The molecule has 1 N–H and O–H groups in total. The molecule has 0 bridgehead atoms. The summed E-state index contributed by atoms with van der Waals surface area (Å²) in [5.74, 6) is 1.11. The third-order valence-corrected chi connectivity index (χ3v) is 3.68. The molecule has 0 radical (unpaired) electrons. The molecular formula is C17H25N3. The number of nitrogens with zero attached hydrogens (tertiary/aromatic N) is 2. The Balaban J connectivity index is 2.12. The van der Waals surface area contributed by atoms with Crippen molar-refractivity contribution in [3.05, 3.63) is 53.6 Å². The van der Waals surface area contributed by atoms with Gasteiger partial charge in [0.25, 0.3) is 0 Å². The Bertz CT molecular complexity index is 513. The van der Waals surface area contributed by atoms with E-state index in [2.05, 4.69) is 60.0 Å². The molecule has 0 aliphatic carbocycles. The second kappa shape index (κ2) is 7.25. The fourth-order valence-electron chi connectivity index (χ4n) is 2.43. The van der Waals surface area contributed by atoms with E-state index in [0.29, 0.717) is 0 Å². The van der Waals surface area contributed by atoms with Crippen molar-refractivity contribution >= 4 is 0 Å². The summed E-state index contributed by atoms with van der Waals surface area (Å²) >= 11 is 0. The van der Waals surface area contributed by atoms with Crippen molar-refractivity contribution in [2.45, 2.75) is 39.2 Å². The number of hydrogen-bond donors (Lipinski definition) is 1. The average Bonchev–Trinajstić information content (AvgIpc) is 2.90. The molecule has 1 aromatic carbocycles. The van der Waals surface area contributed by atoms with Crippen molar-refractivity contribution in [2.24, 2.45) is 7.05 Å². The van der Waals surface area contributed by atoms with Gasteiger partial charge in [-0.2, -0.15) is 0 Å². The number of aryl methyl sites for hydroxylation is 2. The fraction of sp³-hybridized carbons (Fsp3) is 0.471. The molecule has 1 aromatic heterocycles. The second-order valence-corrected chi connectivity index (χ2v) is 5.28. The van der Waals surface area contributed by atoms with Gasteiger partial charge in [0.1, 0.15) is 5.82 Å². The van der Waals surface area contributed by atoms with Crippen LogP contribution in [0.1, 0.15) is 43.3 Å². The summed E-state index contributed by atoms with van der Waals surface area (Å²) in [5, 5.41) is 3.61. The lowest BCUT2D eigenvalue weighted by molar-refractivity contribution is 0.491. The van der Waals surface area contributed by atoms with Crippen LogP contribution >= 0.6 is 0 Å². The summed E-state index contributed by atoms with van der Waals surface area (Å²) in [4.78, 5) is 4.50. The number of rotatable bonds is 7. The molecule has 1 unspecified atom stereocenters. The van der Waals surface area contributed by atoms with Crippen LogP contribution in [-0.2, 0) is 19.9 Å². The lowest BCUT2D eigenvalue weighted by atomic mass is 10.0. The number of aromatic nitrogens is 2. The van der Waals surface area contributed by atoms with Crippen LogP contribution in [-0.4, -0.2) is 16.1 Å². The van der Waals surface area contributed by atoms with Crippen molar-refractivity contribution in [1.29, 1.82) is 0 Å². The van der Waals surface area contributed by atoms with Gasteiger partial charge in [0, 0.05) is 19.4 Å². The third-order valence-electron chi connectivity index (χ3n) is 3.68. The molecule has 0 saturated heterocycles. The minimum absolute atomic E-state index is 0.280. The Morgan fingerprint density at radius 1 is 1.15 bits per heavy atom. The molecule has 108 valence electrons. The van der Waals surface area contributed by atoms with Crippen LogP contribution in [0.2, 0.25) is 0 Å². The van der Waals surface area contributed by atoms with E-state index in [4.69, 9.17) is 0 Å². The van der Waals surface area contributed by atoms with Crippen molar-refractivity contribution in [3.8, 4) is 0 Å². The van der Waals surface area contributed by atoms with Crippen LogP contribution in [0, 0.1) is 0 Å². The summed E-state index contributed by atoms with van der Waals surface area (Å²) in [6.45, 7) is 5.40. The minimum Gasteiger partial charge on any atom is -0.337 e. The first-order valence-electron chi connectivity index (χ1n) is 7.53. The van der Waals surface area contributed by atoms with Crippen LogP contribution in [0.15, 0.2) is 36.7 Å². The Morgan fingerprint density at radius 2 is 1.85 bits per heavy atom. The minimum atomic E-state index is 0.280. The molecule has 0 aliphatic heterocycles. The summed E-state index contributed by atoms with van der Waals surface area (Å²) in [6.07, 6.45) is 7.09. The van der Waals surface area contributed by atoms with Crippen molar-refractivity contribution < 1.29 is 0 Å². The molecule has 1 atom stereocenters. The SMILES string of the molecule is CCCNC(Cc1ccc(CC)cc1)c1nccn1C. The highest BCUT2D eigenvalue weighted by atomic mass is 15.1. The summed E-state index contributed by atoms with van der Waals surface area (Å²) < 4.78 is 2.10. The van der Waals surface area contributed by atoms with E-state index in [0.717, 1.165) is 31.6 Å². The van der Waals surface area contributed by atoms with Gasteiger partial charge in [-0.1, -0.05) is 38.1 Å². The van der Waals surface area contributed by atoms with Crippen molar-refractivity contribution in [2.75, 3.05) is 6.54 Å². The van der Waals surface area contributed by atoms with E-state index in [9.17, 15) is 0 Å². The van der Waals surface area contributed by atoms with Gasteiger partial charge in [0.15, 0.2) is 0 Å². The number of hydrogen-bond acceptors (Lipinski definition) is 2. The van der Waals surface area contributed by atoms with E-state index in [1.54, 1.807) is 0 Å². The summed E-state index contributed by atoms with van der Waals surface area (Å²) in [5.41, 5.74) is 2.75. The molecular weight excluding hydrogens is 246 g/mol. The lowest BCUT2D eigenvalue weighted by Crippen LogP contribution is -2.26. The van der Waals surface area contributed by atoms with Gasteiger partial charge in [-0.15, -0.1) is 0 Å². The number of nitrogens with one attached hydrogen (secondary N) is 1. The standard InChI is InChI=1S/C17H25N3/c1-4-10-18-16(17-19-11-12-20(17)3)13-15-8-6-14(5-2)7-9-15/h6-9,11-12,16,18H,4-5,10,13H2,1-3H3. The zero-order valence-electron chi connectivity index (χ0n) is 12.8. The smallest absolute Gasteiger partial charge is 0.125 e. The molecule has 3 heteroatoms. The third kappa shape index (κ3) is 3.70. The van der Waals surface area contributed by atoms with E-state index in [-0.39, 0.29) is 6.04 Å². The second-order valence-electron chi connectivity index (χ2n) is 5.28. The zero-order chi connectivity index (χ0) is 14.4. The predicted molar refractivity (Wildman–Crippen MR) is 83.8 cm³/mol. The molecule has 0 spiro atoms. The van der Waals surface area contributed by atoms with E-state index < -0.39 is 0 Å². The lowest BCUT2D eigenvalue weighted by Gasteiger charge is -2.18. The van der Waals surface area contributed by atoms with Gasteiger partial charge in [0.05, 0.1) is 6.04 Å². The normalized spacial score (nSPS) is 12.6. The molecule has 1 heterocycles. The first kappa shape index (κ1) is 14.8. The first-order valence-corrected chi connectivity index (χ1v) is 7.53. The Kier molecular flexibility index (Phi) is 5.36. The molecule has 0 saturated carbocycles. The first-order chi connectivity index (χ1) is 9.74. The number of imidazole rings is 1. The molecule has 0 amide bonds. The fourth-order valence-corrected chi connectivity index (χ4v) is 2.43. The van der Waals surface area contributed by atoms with Gasteiger partial charge >= 0.3 is 0 Å². The molecule has 2 aromatic rings. The molecule has 0 aliphatic rings. The van der Waals surface area contributed by atoms with E-state index in [1.165, 1.54) is 11.1 Å². The maximum Gasteiger partial charge on any atom is 0.125 e.